The van der Waals surface area contributed by atoms with E-state index in [1.165, 1.54) is 6.92 Å². The average Bonchev–Trinajstić information content (AvgIpc) is 2.00. The van der Waals surface area contributed by atoms with E-state index in [4.69, 9.17) is 10.8 Å². The zero-order valence-corrected chi connectivity index (χ0v) is 8.08. The van der Waals surface area contributed by atoms with Gasteiger partial charge in [-0.15, -0.1) is 0 Å². The van der Waals surface area contributed by atoms with Gasteiger partial charge in [0.05, 0.1) is 6.61 Å². The summed E-state index contributed by atoms with van der Waals surface area (Å²) < 4.78 is 0. The third kappa shape index (κ3) is 6.51. The first-order valence-corrected chi connectivity index (χ1v) is 4.23. The summed E-state index contributed by atoms with van der Waals surface area (Å²) in [5.74, 6) is -0.219. The Morgan fingerprint density at radius 1 is 1.69 bits per heavy atom. The van der Waals surface area contributed by atoms with Crippen molar-refractivity contribution in [3.8, 4) is 0 Å². The predicted octanol–water partition coefficient (Wildman–Crippen LogP) is -1.42. The second kappa shape index (κ2) is 5.16. The van der Waals surface area contributed by atoms with Gasteiger partial charge in [0.1, 0.15) is 5.60 Å². The standard InChI is InChI=1S/C8H18N2O3/c1-6(9)3-7(12)10-4-8(2,13)5-11/h6,11,13H,3-5,9H2,1-2H3,(H,10,12). The lowest BCUT2D eigenvalue weighted by Crippen LogP contribution is -2.44. The van der Waals surface area contributed by atoms with E-state index in [2.05, 4.69) is 5.32 Å². The van der Waals surface area contributed by atoms with Gasteiger partial charge in [0.2, 0.25) is 5.91 Å². The minimum atomic E-state index is -1.26. The summed E-state index contributed by atoms with van der Waals surface area (Å²) in [6.45, 7) is 2.82. The van der Waals surface area contributed by atoms with Crippen molar-refractivity contribution in [3.05, 3.63) is 0 Å². The van der Waals surface area contributed by atoms with Gasteiger partial charge in [-0.3, -0.25) is 4.79 Å². The maximum absolute atomic E-state index is 11.0. The molecule has 0 radical (unpaired) electrons. The Morgan fingerprint density at radius 3 is 2.62 bits per heavy atom. The number of hydrogen-bond acceptors (Lipinski definition) is 4. The molecule has 5 nitrogen and oxygen atoms in total. The van der Waals surface area contributed by atoms with Crippen molar-refractivity contribution >= 4 is 5.91 Å². The van der Waals surface area contributed by atoms with Gasteiger partial charge < -0.3 is 21.3 Å². The molecule has 0 bridgehead atoms. The van der Waals surface area contributed by atoms with Gasteiger partial charge in [0, 0.05) is 19.0 Å². The Bertz CT molecular complexity index is 169. The van der Waals surface area contributed by atoms with Gasteiger partial charge in [-0.05, 0) is 13.8 Å². The summed E-state index contributed by atoms with van der Waals surface area (Å²) >= 11 is 0. The molecule has 0 aliphatic carbocycles. The molecule has 0 saturated heterocycles. The Labute approximate surface area is 77.9 Å². The molecule has 0 aromatic carbocycles. The fourth-order valence-corrected chi connectivity index (χ4v) is 0.710. The third-order valence-corrected chi connectivity index (χ3v) is 1.51. The van der Waals surface area contributed by atoms with Crippen LogP contribution in [0, 0.1) is 0 Å². The summed E-state index contributed by atoms with van der Waals surface area (Å²) in [4.78, 5) is 11.0. The summed E-state index contributed by atoms with van der Waals surface area (Å²) in [7, 11) is 0. The maximum Gasteiger partial charge on any atom is 0.221 e. The number of rotatable bonds is 5. The van der Waals surface area contributed by atoms with Crippen molar-refractivity contribution < 1.29 is 15.0 Å². The van der Waals surface area contributed by atoms with Gasteiger partial charge in [0.15, 0.2) is 0 Å². The van der Waals surface area contributed by atoms with E-state index in [1.807, 2.05) is 0 Å². The highest BCUT2D eigenvalue weighted by Crippen LogP contribution is 1.98. The van der Waals surface area contributed by atoms with Crippen molar-refractivity contribution in [1.82, 2.24) is 5.32 Å². The molecule has 0 fully saturated rings. The molecule has 0 aromatic heterocycles. The molecule has 78 valence electrons. The number of aliphatic hydroxyl groups excluding tert-OH is 1. The number of hydrogen-bond donors (Lipinski definition) is 4. The Kier molecular flexibility index (Phi) is 4.90. The molecule has 5 N–H and O–H groups in total. The molecule has 0 aliphatic heterocycles. The monoisotopic (exact) mass is 190 g/mol. The number of amides is 1. The minimum Gasteiger partial charge on any atom is -0.393 e. The quantitative estimate of drug-likeness (QED) is 0.428. The van der Waals surface area contributed by atoms with Crippen LogP contribution in [0.5, 0.6) is 0 Å². The SMILES string of the molecule is CC(N)CC(=O)NCC(C)(O)CO. The molecule has 0 rings (SSSR count). The second-order valence-corrected chi connectivity index (χ2v) is 3.61. The number of aliphatic hydroxyl groups is 2. The minimum absolute atomic E-state index is 0.0368. The van der Waals surface area contributed by atoms with E-state index in [9.17, 15) is 9.90 Å². The van der Waals surface area contributed by atoms with Crippen LogP contribution in [0.25, 0.3) is 0 Å². The lowest BCUT2D eigenvalue weighted by molar-refractivity contribution is -0.122. The fourth-order valence-electron chi connectivity index (χ4n) is 0.710. The average molecular weight is 190 g/mol. The lowest BCUT2D eigenvalue weighted by Gasteiger charge is -2.20. The van der Waals surface area contributed by atoms with E-state index in [0.29, 0.717) is 0 Å². The van der Waals surface area contributed by atoms with E-state index in [-0.39, 0.29) is 31.5 Å². The number of carbonyl (C=O) groups excluding carboxylic acids is 1. The van der Waals surface area contributed by atoms with Crippen molar-refractivity contribution in [1.29, 1.82) is 0 Å². The van der Waals surface area contributed by atoms with Gasteiger partial charge >= 0.3 is 0 Å². The molecule has 0 heterocycles. The van der Waals surface area contributed by atoms with Crippen LogP contribution in [0.3, 0.4) is 0 Å². The zero-order chi connectivity index (χ0) is 10.5. The Balaban J connectivity index is 3.70. The Morgan fingerprint density at radius 2 is 2.23 bits per heavy atom. The van der Waals surface area contributed by atoms with Crippen molar-refractivity contribution in [3.63, 3.8) is 0 Å². The summed E-state index contributed by atoms with van der Waals surface area (Å²) in [5, 5.41) is 20.4. The molecule has 2 atom stereocenters. The van der Waals surface area contributed by atoms with Crippen molar-refractivity contribution in [2.45, 2.75) is 31.9 Å². The molecule has 0 saturated carbocycles. The third-order valence-electron chi connectivity index (χ3n) is 1.51. The maximum atomic E-state index is 11.0. The molecule has 2 unspecified atom stereocenters. The van der Waals surface area contributed by atoms with Crippen molar-refractivity contribution in [2.75, 3.05) is 13.2 Å². The topological polar surface area (TPSA) is 95.6 Å². The van der Waals surface area contributed by atoms with E-state index in [1.54, 1.807) is 6.92 Å². The molecular weight excluding hydrogens is 172 g/mol. The van der Waals surface area contributed by atoms with Crippen LogP contribution >= 0.6 is 0 Å². The van der Waals surface area contributed by atoms with Crippen LogP contribution in [0.4, 0.5) is 0 Å². The van der Waals surface area contributed by atoms with Crippen molar-refractivity contribution in [2.24, 2.45) is 5.73 Å². The van der Waals surface area contributed by atoms with E-state index in [0.717, 1.165) is 0 Å². The first kappa shape index (κ1) is 12.3. The normalized spacial score (nSPS) is 17.6. The second-order valence-electron chi connectivity index (χ2n) is 3.61. The molecule has 0 aromatic rings. The van der Waals surface area contributed by atoms with Crippen LogP contribution in [0.2, 0.25) is 0 Å². The summed E-state index contributed by atoms with van der Waals surface area (Å²) in [6.07, 6.45) is 0.224. The molecular formula is C8H18N2O3. The van der Waals surface area contributed by atoms with Crippen LogP contribution in [0.1, 0.15) is 20.3 Å². The number of nitrogens with one attached hydrogen (secondary N) is 1. The van der Waals surface area contributed by atoms with E-state index >= 15 is 0 Å². The number of nitrogens with two attached hydrogens (primary N) is 1. The smallest absolute Gasteiger partial charge is 0.221 e. The molecule has 13 heavy (non-hydrogen) atoms. The lowest BCUT2D eigenvalue weighted by atomic mass is 10.1. The van der Waals surface area contributed by atoms with E-state index < -0.39 is 5.60 Å². The molecule has 5 heteroatoms. The first-order chi connectivity index (χ1) is 5.87. The molecule has 0 spiro atoms. The predicted molar refractivity (Wildman–Crippen MR) is 49.0 cm³/mol. The zero-order valence-electron chi connectivity index (χ0n) is 8.08. The van der Waals surface area contributed by atoms with Gasteiger partial charge in [-0.1, -0.05) is 0 Å². The van der Waals surface area contributed by atoms with Crippen LogP contribution in [-0.4, -0.2) is 40.9 Å². The molecule has 0 aliphatic rings. The fraction of sp³-hybridized carbons (Fsp3) is 0.875. The largest absolute Gasteiger partial charge is 0.393 e. The van der Waals surface area contributed by atoms with Gasteiger partial charge in [-0.2, -0.15) is 0 Å². The number of carbonyl (C=O) groups is 1. The highest BCUT2D eigenvalue weighted by Gasteiger charge is 2.19. The summed E-state index contributed by atoms with van der Waals surface area (Å²) in [6, 6.07) is -0.195. The summed E-state index contributed by atoms with van der Waals surface area (Å²) in [5.41, 5.74) is 4.14. The van der Waals surface area contributed by atoms with Crippen LogP contribution in [0.15, 0.2) is 0 Å². The van der Waals surface area contributed by atoms with Crippen LogP contribution < -0.4 is 11.1 Å². The highest BCUT2D eigenvalue weighted by atomic mass is 16.3. The van der Waals surface area contributed by atoms with Crippen LogP contribution in [-0.2, 0) is 4.79 Å². The first-order valence-electron chi connectivity index (χ1n) is 4.23. The Hall–Kier alpha value is -0.650. The highest BCUT2D eigenvalue weighted by molar-refractivity contribution is 5.76. The van der Waals surface area contributed by atoms with Gasteiger partial charge in [0.25, 0.3) is 0 Å². The van der Waals surface area contributed by atoms with Gasteiger partial charge in [-0.25, -0.2) is 0 Å². The molecule has 1 amide bonds.